The monoisotopic (exact) mass is 300 g/mol. The van der Waals surface area contributed by atoms with Crippen LogP contribution in [0.3, 0.4) is 0 Å². The number of halogens is 1. The Morgan fingerprint density at radius 3 is 2.68 bits per heavy atom. The van der Waals surface area contributed by atoms with E-state index in [1.165, 1.54) is 18.2 Å². The van der Waals surface area contributed by atoms with Crippen LogP contribution in [0.4, 0.5) is 10.1 Å². The fourth-order valence-corrected chi connectivity index (χ4v) is 2.69. The molecule has 1 heterocycles. The first-order chi connectivity index (χ1) is 10.5. The van der Waals surface area contributed by atoms with Crippen molar-refractivity contribution in [3.8, 4) is 0 Å². The third-order valence-corrected chi connectivity index (χ3v) is 3.86. The first-order valence-corrected chi connectivity index (χ1v) is 7.04. The molecule has 1 aliphatic heterocycles. The van der Waals surface area contributed by atoms with Gasteiger partial charge in [-0.15, -0.1) is 0 Å². The quantitative estimate of drug-likeness (QED) is 0.838. The molecule has 5 heteroatoms. The van der Waals surface area contributed by atoms with Crippen molar-refractivity contribution < 1.29 is 13.9 Å². The van der Waals surface area contributed by atoms with Crippen LogP contribution in [0.5, 0.6) is 0 Å². The first-order valence-electron chi connectivity index (χ1n) is 7.04. The molecule has 0 spiro atoms. The van der Waals surface area contributed by atoms with E-state index in [0.717, 1.165) is 5.56 Å². The lowest BCUT2D eigenvalue weighted by Crippen LogP contribution is -2.54. The standard InChI is InChI=1S/C17H17FN2O2/c1-17(13-9-12(19)7-8-14(13)18)10-22-15(16(21)20-17)11-5-3-2-4-6-11/h2-9,15H,10,19H2,1H3,(H,20,21). The van der Waals surface area contributed by atoms with Crippen LogP contribution in [0.2, 0.25) is 0 Å². The highest BCUT2D eigenvalue weighted by Gasteiger charge is 2.40. The summed E-state index contributed by atoms with van der Waals surface area (Å²) in [6.07, 6.45) is -0.682. The van der Waals surface area contributed by atoms with Gasteiger partial charge in [0.25, 0.3) is 5.91 Å². The fraction of sp³-hybridized carbons (Fsp3) is 0.235. The molecule has 22 heavy (non-hydrogen) atoms. The van der Waals surface area contributed by atoms with Gasteiger partial charge < -0.3 is 15.8 Å². The number of hydrogen-bond donors (Lipinski definition) is 2. The van der Waals surface area contributed by atoms with E-state index in [9.17, 15) is 9.18 Å². The van der Waals surface area contributed by atoms with E-state index in [2.05, 4.69) is 5.32 Å². The van der Waals surface area contributed by atoms with Crippen molar-refractivity contribution in [2.45, 2.75) is 18.6 Å². The van der Waals surface area contributed by atoms with E-state index in [1.807, 2.05) is 30.3 Å². The van der Waals surface area contributed by atoms with Crippen LogP contribution in [0.15, 0.2) is 48.5 Å². The molecule has 3 N–H and O–H groups in total. The molecule has 0 saturated carbocycles. The molecular formula is C17H17FN2O2. The maximum atomic E-state index is 14.1. The molecule has 2 aromatic rings. The highest BCUT2D eigenvalue weighted by Crippen LogP contribution is 2.32. The highest BCUT2D eigenvalue weighted by molar-refractivity contribution is 5.84. The van der Waals surface area contributed by atoms with E-state index in [4.69, 9.17) is 10.5 Å². The Hall–Kier alpha value is -2.40. The largest absolute Gasteiger partial charge is 0.399 e. The molecule has 114 valence electrons. The van der Waals surface area contributed by atoms with E-state index in [1.54, 1.807) is 6.92 Å². The van der Waals surface area contributed by atoms with Crippen molar-refractivity contribution in [1.29, 1.82) is 0 Å². The minimum atomic E-state index is -0.943. The Balaban J connectivity index is 1.88. The number of nitrogens with two attached hydrogens (primary N) is 1. The van der Waals surface area contributed by atoms with Crippen molar-refractivity contribution >= 4 is 11.6 Å². The lowest BCUT2D eigenvalue weighted by molar-refractivity contribution is -0.146. The van der Waals surface area contributed by atoms with Crippen LogP contribution < -0.4 is 11.1 Å². The third-order valence-electron chi connectivity index (χ3n) is 3.86. The molecule has 1 saturated heterocycles. The van der Waals surface area contributed by atoms with Crippen molar-refractivity contribution in [3.63, 3.8) is 0 Å². The van der Waals surface area contributed by atoms with Gasteiger partial charge in [0.1, 0.15) is 5.82 Å². The zero-order chi connectivity index (χ0) is 15.7. The Kier molecular flexibility index (Phi) is 3.58. The minimum absolute atomic E-state index is 0.165. The smallest absolute Gasteiger partial charge is 0.254 e. The zero-order valence-corrected chi connectivity index (χ0v) is 12.2. The molecule has 2 aromatic carbocycles. The van der Waals surface area contributed by atoms with Gasteiger partial charge in [0.2, 0.25) is 0 Å². The number of hydrogen-bond acceptors (Lipinski definition) is 3. The normalized spacial score (nSPS) is 24.8. The molecule has 0 aliphatic carbocycles. The molecule has 2 unspecified atom stereocenters. The average molecular weight is 300 g/mol. The van der Waals surface area contributed by atoms with E-state index >= 15 is 0 Å². The summed E-state index contributed by atoms with van der Waals surface area (Å²) in [5.41, 5.74) is 6.32. The van der Waals surface area contributed by atoms with Gasteiger partial charge in [-0.1, -0.05) is 30.3 Å². The molecule has 1 fully saturated rings. The minimum Gasteiger partial charge on any atom is -0.399 e. The number of ether oxygens (including phenoxy) is 1. The van der Waals surface area contributed by atoms with Gasteiger partial charge in [-0.3, -0.25) is 4.79 Å². The van der Waals surface area contributed by atoms with Gasteiger partial charge in [0.15, 0.2) is 6.10 Å². The summed E-state index contributed by atoms with van der Waals surface area (Å²) in [4.78, 5) is 12.4. The Labute approximate surface area is 128 Å². The number of carbonyl (C=O) groups is 1. The fourth-order valence-electron chi connectivity index (χ4n) is 2.69. The Morgan fingerprint density at radius 2 is 2.00 bits per heavy atom. The second-order valence-corrected chi connectivity index (χ2v) is 5.66. The molecule has 2 atom stereocenters. The number of anilines is 1. The van der Waals surface area contributed by atoms with Crippen molar-refractivity contribution in [2.75, 3.05) is 12.3 Å². The van der Waals surface area contributed by atoms with Crippen LogP contribution in [-0.4, -0.2) is 12.5 Å². The van der Waals surface area contributed by atoms with Gasteiger partial charge >= 0.3 is 0 Å². The van der Waals surface area contributed by atoms with Gasteiger partial charge in [-0.05, 0) is 30.7 Å². The molecule has 0 aromatic heterocycles. The molecule has 4 nitrogen and oxygen atoms in total. The van der Waals surface area contributed by atoms with Gasteiger partial charge in [-0.25, -0.2) is 4.39 Å². The third kappa shape index (κ3) is 2.55. The molecule has 0 radical (unpaired) electrons. The summed E-state index contributed by atoms with van der Waals surface area (Å²) in [7, 11) is 0. The summed E-state index contributed by atoms with van der Waals surface area (Å²) < 4.78 is 19.8. The summed E-state index contributed by atoms with van der Waals surface area (Å²) >= 11 is 0. The van der Waals surface area contributed by atoms with E-state index in [-0.39, 0.29) is 12.5 Å². The van der Waals surface area contributed by atoms with Crippen LogP contribution in [0, 0.1) is 5.82 Å². The van der Waals surface area contributed by atoms with E-state index in [0.29, 0.717) is 11.3 Å². The second-order valence-electron chi connectivity index (χ2n) is 5.66. The SMILES string of the molecule is CC1(c2cc(N)ccc2F)COC(c2ccccc2)C(=O)N1. The summed E-state index contributed by atoms with van der Waals surface area (Å²) in [5.74, 6) is -0.708. The van der Waals surface area contributed by atoms with Gasteiger partial charge in [0, 0.05) is 11.3 Å². The Morgan fingerprint density at radius 1 is 1.27 bits per heavy atom. The van der Waals surface area contributed by atoms with Crippen molar-refractivity contribution in [2.24, 2.45) is 0 Å². The van der Waals surface area contributed by atoms with E-state index < -0.39 is 17.5 Å². The van der Waals surface area contributed by atoms with Crippen molar-refractivity contribution in [3.05, 3.63) is 65.5 Å². The number of amides is 1. The summed E-state index contributed by atoms with van der Waals surface area (Å²) in [6.45, 7) is 1.89. The molecule has 1 aliphatic rings. The molecule has 1 amide bonds. The lowest BCUT2D eigenvalue weighted by atomic mass is 9.89. The average Bonchev–Trinajstić information content (AvgIpc) is 2.50. The number of morpholine rings is 1. The number of rotatable bonds is 2. The van der Waals surface area contributed by atoms with Crippen LogP contribution in [0.1, 0.15) is 24.2 Å². The molecule has 3 rings (SSSR count). The van der Waals surface area contributed by atoms with Gasteiger partial charge in [0.05, 0.1) is 12.1 Å². The zero-order valence-electron chi connectivity index (χ0n) is 12.2. The number of carbonyl (C=O) groups excluding carboxylic acids is 1. The van der Waals surface area contributed by atoms with Crippen molar-refractivity contribution in [1.82, 2.24) is 5.32 Å². The predicted molar refractivity (Wildman–Crippen MR) is 81.4 cm³/mol. The second kappa shape index (κ2) is 5.42. The predicted octanol–water partition coefficient (Wildman–Crippen LogP) is 2.51. The summed E-state index contributed by atoms with van der Waals surface area (Å²) in [6, 6.07) is 13.5. The maximum absolute atomic E-state index is 14.1. The first kappa shape index (κ1) is 14.5. The topological polar surface area (TPSA) is 64.3 Å². The highest BCUT2D eigenvalue weighted by atomic mass is 19.1. The van der Waals surface area contributed by atoms with Crippen LogP contribution in [-0.2, 0) is 15.1 Å². The Bertz CT molecular complexity index is 705. The van der Waals surface area contributed by atoms with Crippen LogP contribution in [0.25, 0.3) is 0 Å². The number of nitrogens with one attached hydrogen (secondary N) is 1. The summed E-state index contributed by atoms with van der Waals surface area (Å²) in [5, 5.41) is 2.87. The molecular weight excluding hydrogens is 283 g/mol. The number of benzene rings is 2. The maximum Gasteiger partial charge on any atom is 0.254 e. The van der Waals surface area contributed by atoms with Gasteiger partial charge in [-0.2, -0.15) is 0 Å². The molecule has 0 bridgehead atoms. The number of nitrogen functional groups attached to an aromatic ring is 1. The van der Waals surface area contributed by atoms with Crippen LogP contribution >= 0.6 is 0 Å². The lowest BCUT2D eigenvalue weighted by Gasteiger charge is -2.38.